The molecule has 1 heterocycles. The van der Waals surface area contributed by atoms with E-state index in [9.17, 15) is 4.39 Å². The molecule has 4 heteroatoms. The van der Waals surface area contributed by atoms with E-state index >= 15 is 0 Å². The normalized spacial score (nSPS) is 15.0. The Kier molecular flexibility index (Phi) is 3.50. The zero-order chi connectivity index (χ0) is 12.5. The van der Waals surface area contributed by atoms with Crippen LogP contribution in [0.5, 0.6) is 0 Å². The zero-order valence-corrected chi connectivity index (χ0v) is 12.2. The van der Waals surface area contributed by atoms with Crippen LogP contribution in [0.25, 0.3) is 10.4 Å². The van der Waals surface area contributed by atoms with Gasteiger partial charge < -0.3 is 5.32 Å². The Balaban J connectivity index is 1.80. The largest absolute Gasteiger partial charge is 0.309 e. The van der Waals surface area contributed by atoms with Gasteiger partial charge in [0.15, 0.2) is 0 Å². The monoisotopic (exact) mass is 325 g/mol. The van der Waals surface area contributed by atoms with Crippen LogP contribution in [0, 0.1) is 5.82 Å². The highest BCUT2D eigenvalue weighted by Crippen LogP contribution is 2.34. The van der Waals surface area contributed by atoms with E-state index < -0.39 is 0 Å². The maximum Gasteiger partial charge on any atom is 0.123 e. The molecule has 0 radical (unpaired) electrons. The second-order valence-electron chi connectivity index (χ2n) is 4.55. The van der Waals surface area contributed by atoms with Crippen molar-refractivity contribution >= 4 is 27.3 Å². The third-order valence-electron chi connectivity index (χ3n) is 3.00. The number of nitrogens with one attached hydrogen (secondary N) is 1. The van der Waals surface area contributed by atoms with Gasteiger partial charge >= 0.3 is 0 Å². The molecule has 0 amide bonds. The number of thiophene rings is 1. The molecule has 1 aliphatic carbocycles. The SMILES string of the molecule is Fc1ccc(Br)c(-c2ccc(CNC3CC3)s2)c1. The first-order chi connectivity index (χ1) is 8.72. The van der Waals surface area contributed by atoms with Crippen molar-refractivity contribution < 1.29 is 4.39 Å². The predicted molar refractivity (Wildman–Crippen MR) is 77.3 cm³/mol. The van der Waals surface area contributed by atoms with Crippen molar-refractivity contribution in [3.63, 3.8) is 0 Å². The van der Waals surface area contributed by atoms with Gasteiger partial charge in [-0.05, 0) is 43.2 Å². The first-order valence-corrected chi connectivity index (χ1v) is 7.61. The van der Waals surface area contributed by atoms with E-state index in [-0.39, 0.29) is 5.82 Å². The van der Waals surface area contributed by atoms with Crippen molar-refractivity contribution in [2.75, 3.05) is 0 Å². The van der Waals surface area contributed by atoms with Crippen LogP contribution in [0.4, 0.5) is 4.39 Å². The Hall–Kier alpha value is -0.710. The fourth-order valence-electron chi connectivity index (χ4n) is 1.84. The molecule has 0 aliphatic heterocycles. The van der Waals surface area contributed by atoms with Gasteiger partial charge in [-0.1, -0.05) is 15.9 Å². The van der Waals surface area contributed by atoms with E-state index in [1.165, 1.54) is 23.8 Å². The average molecular weight is 326 g/mol. The average Bonchev–Trinajstić information content (AvgIpc) is 3.08. The summed E-state index contributed by atoms with van der Waals surface area (Å²) >= 11 is 5.19. The summed E-state index contributed by atoms with van der Waals surface area (Å²) < 4.78 is 14.2. The smallest absolute Gasteiger partial charge is 0.123 e. The molecule has 0 saturated heterocycles. The molecule has 1 saturated carbocycles. The van der Waals surface area contributed by atoms with Gasteiger partial charge in [-0.15, -0.1) is 11.3 Å². The fraction of sp³-hybridized carbons (Fsp3) is 0.286. The van der Waals surface area contributed by atoms with Crippen LogP contribution >= 0.6 is 27.3 Å². The summed E-state index contributed by atoms with van der Waals surface area (Å²) in [6.45, 7) is 0.919. The molecule has 1 aromatic heterocycles. The molecule has 18 heavy (non-hydrogen) atoms. The number of hydrogen-bond acceptors (Lipinski definition) is 2. The van der Waals surface area contributed by atoms with Crippen LogP contribution in [0.2, 0.25) is 0 Å². The first kappa shape index (κ1) is 12.3. The van der Waals surface area contributed by atoms with Gasteiger partial charge in [0, 0.05) is 32.4 Å². The molecule has 2 aromatic rings. The van der Waals surface area contributed by atoms with Crippen LogP contribution in [-0.4, -0.2) is 6.04 Å². The quantitative estimate of drug-likeness (QED) is 0.868. The highest BCUT2D eigenvalue weighted by atomic mass is 79.9. The van der Waals surface area contributed by atoms with Gasteiger partial charge in [0.05, 0.1) is 0 Å². The van der Waals surface area contributed by atoms with E-state index in [1.807, 2.05) is 0 Å². The van der Waals surface area contributed by atoms with Crippen LogP contribution in [-0.2, 0) is 6.54 Å². The van der Waals surface area contributed by atoms with Gasteiger partial charge in [-0.3, -0.25) is 0 Å². The lowest BCUT2D eigenvalue weighted by Gasteiger charge is -2.02. The van der Waals surface area contributed by atoms with Gasteiger partial charge in [0.2, 0.25) is 0 Å². The number of hydrogen-bond donors (Lipinski definition) is 1. The minimum atomic E-state index is -0.195. The fourth-order valence-corrected chi connectivity index (χ4v) is 3.42. The van der Waals surface area contributed by atoms with Crippen LogP contribution in [0.3, 0.4) is 0 Å². The third-order valence-corrected chi connectivity index (χ3v) is 4.81. The summed E-state index contributed by atoms with van der Waals surface area (Å²) in [6.07, 6.45) is 2.60. The molecule has 1 N–H and O–H groups in total. The van der Waals surface area contributed by atoms with E-state index in [2.05, 4.69) is 33.4 Å². The topological polar surface area (TPSA) is 12.0 Å². The molecule has 0 unspecified atom stereocenters. The van der Waals surface area contributed by atoms with E-state index in [0.29, 0.717) is 0 Å². The molecule has 1 nitrogen and oxygen atoms in total. The molecule has 3 rings (SSSR count). The maximum atomic E-state index is 13.3. The van der Waals surface area contributed by atoms with Crippen LogP contribution in [0.15, 0.2) is 34.8 Å². The molecule has 0 bridgehead atoms. The highest BCUT2D eigenvalue weighted by Gasteiger charge is 2.20. The van der Waals surface area contributed by atoms with Gasteiger partial charge in [-0.25, -0.2) is 4.39 Å². The Labute approximate surface area is 118 Å². The van der Waals surface area contributed by atoms with Crippen molar-refractivity contribution in [3.05, 3.63) is 45.5 Å². The van der Waals surface area contributed by atoms with Gasteiger partial charge in [-0.2, -0.15) is 0 Å². The van der Waals surface area contributed by atoms with E-state index in [0.717, 1.165) is 27.5 Å². The zero-order valence-electron chi connectivity index (χ0n) is 9.75. The standard InChI is InChI=1S/C14H13BrFNS/c15-13-5-1-9(16)7-12(13)14-6-4-11(18-14)8-17-10-2-3-10/h1,4-7,10,17H,2-3,8H2. The Morgan fingerprint density at radius 3 is 2.89 bits per heavy atom. The van der Waals surface area contributed by atoms with Gasteiger partial charge in [0.1, 0.15) is 5.82 Å². The summed E-state index contributed by atoms with van der Waals surface area (Å²) in [5, 5.41) is 3.49. The summed E-state index contributed by atoms with van der Waals surface area (Å²) in [4.78, 5) is 2.40. The van der Waals surface area contributed by atoms with Crippen molar-refractivity contribution in [1.82, 2.24) is 5.32 Å². The Morgan fingerprint density at radius 1 is 1.28 bits per heavy atom. The van der Waals surface area contributed by atoms with E-state index in [4.69, 9.17) is 0 Å². The molecular formula is C14H13BrFNS. The highest BCUT2D eigenvalue weighted by molar-refractivity contribution is 9.10. The minimum Gasteiger partial charge on any atom is -0.309 e. The number of halogens is 2. The summed E-state index contributed by atoms with van der Waals surface area (Å²) in [5.41, 5.74) is 0.928. The number of rotatable bonds is 4. The number of benzene rings is 1. The van der Waals surface area contributed by atoms with Gasteiger partial charge in [0.25, 0.3) is 0 Å². The summed E-state index contributed by atoms with van der Waals surface area (Å²) in [5.74, 6) is -0.195. The lowest BCUT2D eigenvalue weighted by molar-refractivity contribution is 0.628. The summed E-state index contributed by atoms with van der Waals surface area (Å²) in [6, 6.07) is 9.70. The lowest BCUT2D eigenvalue weighted by Crippen LogP contribution is -2.14. The molecule has 1 aromatic carbocycles. The van der Waals surface area contributed by atoms with E-state index in [1.54, 1.807) is 23.5 Å². The van der Waals surface area contributed by atoms with Crippen molar-refractivity contribution in [2.45, 2.75) is 25.4 Å². The van der Waals surface area contributed by atoms with Crippen molar-refractivity contribution in [3.8, 4) is 10.4 Å². The molecule has 1 fully saturated rings. The van der Waals surface area contributed by atoms with Crippen LogP contribution < -0.4 is 5.32 Å². The second kappa shape index (κ2) is 5.11. The third kappa shape index (κ3) is 2.82. The molecular weight excluding hydrogens is 313 g/mol. The maximum absolute atomic E-state index is 13.3. The molecule has 0 spiro atoms. The second-order valence-corrected chi connectivity index (χ2v) is 6.57. The Bertz CT molecular complexity index is 563. The van der Waals surface area contributed by atoms with Crippen LogP contribution in [0.1, 0.15) is 17.7 Å². The molecule has 0 atom stereocenters. The lowest BCUT2D eigenvalue weighted by atomic mass is 10.2. The van der Waals surface area contributed by atoms with Crippen molar-refractivity contribution in [1.29, 1.82) is 0 Å². The predicted octanol–water partition coefficient (Wildman–Crippen LogP) is 4.57. The Morgan fingerprint density at radius 2 is 2.11 bits per heavy atom. The van der Waals surface area contributed by atoms with Crippen molar-refractivity contribution in [2.24, 2.45) is 0 Å². The molecule has 94 valence electrons. The molecule has 1 aliphatic rings. The minimum absolute atomic E-state index is 0.195. The summed E-state index contributed by atoms with van der Waals surface area (Å²) in [7, 11) is 0. The first-order valence-electron chi connectivity index (χ1n) is 6.00.